The van der Waals surface area contributed by atoms with Crippen molar-refractivity contribution in [1.82, 2.24) is 10.2 Å². The second-order valence-electron chi connectivity index (χ2n) is 9.78. The first kappa shape index (κ1) is 30.0. The van der Waals surface area contributed by atoms with E-state index < -0.39 is 16.1 Å². The van der Waals surface area contributed by atoms with Crippen LogP contribution in [0.3, 0.4) is 0 Å². The largest absolute Gasteiger partial charge is 0.495 e. The molecule has 1 fully saturated rings. The Hall–Kier alpha value is -2.59. The number of ether oxygens (including phenoxy) is 1. The quantitative estimate of drug-likeness (QED) is 0.371. The average Bonchev–Trinajstić information content (AvgIpc) is 2.89. The van der Waals surface area contributed by atoms with Gasteiger partial charge < -0.3 is 15.0 Å². The van der Waals surface area contributed by atoms with Crippen molar-refractivity contribution in [3.05, 3.63) is 58.6 Å². The summed E-state index contributed by atoms with van der Waals surface area (Å²) >= 11 is 3.48. The molecular weight excluding hydrogens is 570 g/mol. The first-order valence-corrected chi connectivity index (χ1v) is 15.7. The lowest BCUT2D eigenvalue weighted by Crippen LogP contribution is -2.50. The SMILES string of the molecule is COc1ccccc1N(CCCC(=O)N(Cc1cccc(Br)c1)[C@H](C)C(=O)NC1CCCCC1)S(C)(=O)=O. The Bertz CT molecular complexity index is 1200. The smallest absolute Gasteiger partial charge is 0.242 e. The van der Waals surface area contributed by atoms with E-state index in [0.717, 1.165) is 42.0 Å². The van der Waals surface area contributed by atoms with Gasteiger partial charge >= 0.3 is 0 Å². The van der Waals surface area contributed by atoms with Gasteiger partial charge in [-0.2, -0.15) is 0 Å². The molecule has 8 nitrogen and oxygen atoms in total. The summed E-state index contributed by atoms with van der Waals surface area (Å²) < 4.78 is 32.7. The van der Waals surface area contributed by atoms with Gasteiger partial charge in [0.1, 0.15) is 11.8 Å². The van der Waals surface area contributed by atoms with Crippen LogP contribution in [0.25, 0.3) is 0 Å². The normalized spacial score (nSPS) is 14.9. The van der Waals surface area contributed by atoms with E-state index in [0.29, 0.717) is 11.4 Å². The molecule has 2 aromatic rings. The topological polar surface area (TPSA) is 96.0 Å². The van der Waals surface area contributed by atoms with E-state index in [1.807, 2.05) is 24.3 Å². The highest BCUT2D eigenvalue weighted by atomic mass is 79.9. The predicted octanol–water partition coefficient (Wildman–Crippen LogP) is 4.87. The molecule has 0 bridgehead atoms. The zero-order valence-electron chi connectivity index (χ0n) is 22.4. The molecule has 0 saturated heterocycles. The van der Waals surface area contributed by atoms with Crippen LogP contribution in [0.4, 0.5) is 5.69 Å². The van der Waals surface area contributed by atoms with Gasteiger partial charge in [-0.15, -0.1) is 0 Å². The van der Waals surface area contributed by atoms with Crippen molar-refractivity contribution in [3.8, 4) is 5.75 Å². The van der Waals surface area contributed by atoms with E-state index in [-0.39, 0.29) is 43.8 Å². The van der Waals surface area contributed by atoms with Gasteiger partial charge in [-0.3, -0.25) is 13.9 Å². The Morgan fingerprint density at radius 2 is 1.82 bits per heavy atom. The van der Waals surface area contributed by atoms with E-state index in [1.165, 1.54) is 17.8 Å². The summed E-state index contributed by atoms with van der Waals surface area (Å²) in [4.78, 5) is 28.3. The minimum Gasteiger partial charge on any atom is -0.495 e. The maximum absolute atomic E-state index is 13.5. The van der Waals surface area contributed by atoms with Crippen LogP contribution in [0.1, 0.15) is 57.4 Å². The predicted molar refractivity (Wildman–Crippen MR) is 154 cm³/mol. The van der Waals surface area contributed by atoms with Crippen LogP contribution in [0.5, 0.6) is 5.75 Å². The zero-order chi connectivity index (χ0) is 27.7. The van der Waals surface area contributed by atoms with Gasteiger partial charge in [0.05, 0.1) is 19.1 Å². The Morgan fingerprint density at radius 1 is 1.11 bits per heavy atom. The molecule has 3 rings (SSSR count). The number of amides is 2. The molecule has 10 heteroatoms. The molecule has 208 valence electrons. The molecule has 38 heavy (non-hydrogen) atoms. The first-order valence-electron chi connectivity index (χ1n) is 13.0. The van der Waals surface area contributed by atoms with Gasteiger partial charge in [0, 0.05) is 30.0 Å². The van der Waals surface area contributed by atoms with Crippen LogP contribution in [0.15, 0.2) is 53.0 Å². The number of carbonyl (C=O) groups is 2. The average molecular weight is 609 g/mol. The monoisotopic (exact) mass is 607 g/mol. The van der Waals surface area contributed by atoms with E-state index in [1.54, 1.807) is 36.1 Å². The summed E-state index contributed by atoms with van der Waals surface area (Å²) in [5, 5.41) is 3.14. The number of sulfonamides is 1. The number of halogens is 1. The van der Waals surface area contributed by atoms with Gasteiger partial charge in [-0.25, -0.2) is 8.42 Å². The zero-order valence-corrected chi connectivity index (χ0v) is 24.8. The highest BCUT2D eigenvalue weighted by molar-refractivity contribution is 9.10. The van der Waals surface area contributed by atoms with E-state index in [2.05, 4.69) is 21.2 Å². The lowest BCUT2D eigenvalue weighted by molar-refractivity contribution is -0.141. The Balaban J connectivity index is 1.73. The fraction of sp³-hybridized carbons (Fsp3) is 0.500. The number of methoxy groups -OCH3 is 1. The maximum Gasteiger partial charge on any atom is 0.242 e. The molecule has 1 aliphatic rings. The van der Waals surface area contributed by atoms with Crippen LogP contribution >= 0.6 is 15.9 Å². The van der Waals surface area contributed by atoms with Crippen LogP contribution in [0, 0.1) is 0 Å². The molecule has 0 aliphatic heterocycles. The van der Waals surface area contributed by atoms with Crippen LogP contribution in [-0.2, 0) is 26.2 Å². The third-order valence-electron chi connectivity index (χ3n) is 6.87. The summed E-state index contributed by atoms with van der Waals surface area (Å²) in [7, 11) is -2.12. The molecular formula is C28H38BrN3O5S. The molecule has 0 unspecified atom stereocenters. The lowest BCUT2D eigenvalue weighted by atomic mass is 9.95. The third kappa shape index (κ3) is 8.46. The first-order chi connectivity index (χ1) is 18.1. The van der Waals surface area contributed by atoms with Crippen molar-refractivity contribution in [3.63, 3.8) is 0 Å². The van der Waals surface area contributed by atoms with Crippen molar-refractivity contribution in [2.45, 2.75) is 70.5 Å². The summed E-state index contributed by atoms with van der Waals surface area (Å²) in [5.74, 6) is 0.0744. The highest BCUT2D eigenvalue weighted by Crippen LogP contribution is 2.30. The fourth-order valence-corrected chi connectivity index (χ4v) is 6.22. The van der Waals surface area contributed by atoms with Crippen molar-refractivity contribution >= 4 is 43.5 Å². The van der Waals surface area contributed by atoms with Gasteiger partial charge in [0.2, 0.25) is 21.8 Å². The van der Waals surface area contributed by atoms with Crippen LogP contribution in [-0.4, -0.2) is 57.1 Å². The van der Waals surface area contributed by atoms with Gasteiger partial charge in [0.15, 0.2) is 0 Å². The Labute approximate surface area is 234 Å². The van der Waals surface area contributed by atoms with Crippen molar-refractivity contribution in [2.24, 2.45) is 0 Å². The van der Waals surface area contributed by atoms with E-state index in [9.17, 15) is 18.0 Å². The molecule has 0 radical (unpaired) electrons. The maximum atomic E-state index is 13.5. The molecule has 2 aromatic carbocycles. The summed E-state index contributed by atoms with van der Waals surface area (Å²) in [6.07, 6.45) is 6.83. The number of para-hydroxylation sites is 2. The van der Waals surface area contributed by atoms with Crippen LogP contribution < -0.4 is 14.4 Å². The number of nitrogens with one attached hydrogen (secondary N) is 1. The number of rotatable bonds is 12. The summed E-state index contributed by atoms with van der Waals surface area (Å²) in [5.41, 5.74) is 1.33. The summed E-state index contributed by atoms with van der Waals surface area (Å²) in [6, 6.07) is 14.0. The Kier molecular flexibility index (Phi) is 11.0. The molecule has 0 aromatic heterocycles. The van der Waals surface area contributed by atoms with Gasteiger partial charge in [-0.1, -0.05) is 59.5 Å². The molecule has 1 saturated carbocycles. The summed E-state index contributed by atoms with van der Waals surface area (Å²) in [6.45, 7) is 2.14. The lowest BCUT2D eigenvalue weighted by Gasteiger charge is -2.31. The van der Waals surface area contributed by atoms with E-state index in [4.69, 9.17) is 4.74 Å². The van der Waals surface area contributed by atoms with Gasteiger partial charge in [0.25, 0.3) is 0 Å². The van der Waals surface area contributed by atoms with E-state index >= 15 is 0 Å². The highest BCUT2D eigenvalue weighted by Gasteiger charge is 2.28. The molecule has 1 N–H and O–H groups in total. The number of carbonyl (C=O) groups excluding carboxylic acids is 2. The molecule has 2 amide bonds. The number of nitrogens with zero attached hydrogens (tertiary/aromatic N) is 2. The second kappa shape index (κ2) is 14.0. The number of hydrogen-bond donors (Lipinski definition) is 1. The Morgan fingerprint density at radius 3 is 2.47 bits per heavy atom. The second-order valence-corrected chi connectivity index (χ2v) is 12.6. The number of benzene rings is 2. The molecule has 0 spiro atoms. The molecule has 1 aliphatic carbocycles. The van der Waals surface area contributed by atoms with Crippen LogP contribution in [0.2, 0.25) is 0 Å². The molecule has 0 heterocycles. The molecule has 1 atom stereocenters. The van der Waals surface area contributed by atoms with Crippen molar-refractivity contribution in [1.29, 1.82) is 0 Å². The van der Waals surface area contributed by atoms with Crippen molar-refractivity contribution < 1.29 is 22.7 Å². The number of anilines is 1. The number of hydrogen-bond acceptors (Lipinski definition) is 5. The van der Waals surface area contributed by atoms with Gasteiger partial charge in [-0.05, 0) is 56.0 Å². The third-order valence-corrected chi connectivity index (χ3v) is 8.54. The fourth-order valence-electron chi connectivity index (χ4n) is 4.80. The minimum absolute atomic E-state index is 0.0935. The standard InChI is InChI=1S/C28H38BrN3O5S/c1-21(28(34)30-24-13-5-4-6-14-24)31(20-22-11-9-12-23(29)19-22)27(33)17-10-18-32(38(3,35)36)25-15-7-8-16-26(25)37-2/h7-9,11-12,15-16,19,21,24H,4-6,10,13-14,17-18,20H2,1-3H3,(H,30,34)/t21-/m1/s1. The minimum atomic E-state index is -3.61. The van der Waals surface area contributed by atoms with Crippen molar-refractivity contribution in [2.75, 3.05) is 24.2 Å².